The number of aromatic nitrogens is 2. The van der Waals surface area contributed by atoms with E-state index in [1.54, 1.807) is 30.0 Å². The first kappa shape index (κ1) is 17.8. The molecule has 4 rings (SSSR count). The van der Waals surface area contributed by atoms with Crippen LogP contribution in [0.3, 0.4) is 0 Å². The van der Waals surface area contributed by atoms with Crippen LogP contribution in [0.4, 0.5) is 4.39 Å². The standard InChI is InChI=1S/C20H14ClFN2O2S/c21-17-4-2-1-3-14(17)11-27-12-16-9-10-18(25-16)20-23-19(24-26-20)13-5-7-15(22)8-6-13/h1-10H,11-12H2. The van der Waals surface area contributed by atoms with Gasteiger partial charge in [-0.2, -0.15) is 4.98 Å². The van der Waals surface area contributed by atoms with Crippen molar-refractivity contribution in [2.75, 3.05) is 0 Å². The second kappa shape index (κ2) is 7.98. The van der Waals surface area contributed by atoms with E-state index in [-0.39, 0.29) is 11.7 Å². The molecule has 0 spiro atoms. The minimum Gasteiger partial charge on any atom is -0.455 e. The number of thioether (sulfide) groups is 1. The summed E-state index contributed by atoms with van der Waals surface area (Å²) in [6, 6.07) is 17.4. The number of halogens is 2. The number of hydrogen-bond acceptors (Lipinski definition) is 5. The van der Waals surface area contributed by atoms with E-state index >= 15 is 0 Å². The zero-order valence-electron chi connectivity index (χ0n) is 14.1. The number of nitrogens with zero attached hydrogens (tertiary/aromatic N) is 2. The first-order valence-corrected chi connectivity index (χ1v) is 9.72. The van der Waals surface area contributed by atoms with Gasteiger partial charge in [0.2, 0.25) is 5.82 Å². The number of hydrogen-bond donors (Lipinski definition) is 0. The van der Waals surface area contributed by atoms with Crippen LogP contribution in [0.1, 0.15) is 11.3 Å². The predicted molar refractivity (Wildman–Crippen MR) is 104 cm³/mol. The first-order valence-electron chi connectivity index (χ1n) is 8.19. The zero-order valence-corrected chi connectivity index (χ0v) is 15.6. The van der Waals surface area contributed by atoms with Crippen molar-refractivity contribution in [3.8, 4) is 23.0 Å². The largest absolute Gasteiger partial charge is 0.455 e. The average molecular weight is 401 g/mol. The topological polar surface area (TPSA) is 52.1 Å². The molecule has 2 heterocycles. The Morgan fingerprint density at radius 3 is 2.59 bits per heavy atom. The maximum atomic E-state index is 13.0. The van der Waals surface area contributed by atoms with Crippen LogP contribution in [0.2, 0.25) is 5.02 Å². The lowest BCUT2D eigenvalue weighted by Crippen LogP contribution is -1.83. The molecule has 4 aromatic rings. The van der Waals surface area contributed by atoms with Gasteiger partial charge in [-0.15, -0.1) is 11.8 Å². The predicted octanol–water partition coefficient (Wildman–Crippen LogP) is 6.22. The highest BCUT2D eigenvalue weighted by atomic mass is 35.5. The van der Waals surface area contributed by atoms with Crippen LogP contribution in [0.25, 0.3) is 23.0 Å². The second-order valence-corrected chi connectivity index (χ2v) is 7.17. The lowest BCUT2D eigenvalue weighted by Gasteiger charge is -2.02. The molecule has 0 aliphatic rings. The summed E-state index contributed by atoms with van der Waals surface area (Å²) in [7, 11) is 0. The van der Waals surface area contributed by atoms with Crippen molar-refractivity contribution in [2.24, 2.45) is 0 Å². The lowest BCUT2D eigenvalue weighted by molar-refractivity contribution is 0.413. The molecular formula is C20H14ClFN2O2S. The molecule has 0 aliphatic carbocycles. The molecule has 2 aromatic heterocycles. The Hall–Kier alpha value is -2.57. The zero-order chi connectivity index (χ0) is 18.6. The highest BCUT2D eigenvalue weighted by Gasteiger charge is 2.14. The maximum absolute atomic E-state index is 13.0. The van der Waals surface area contributed by atoms with Gasteiger partial charge in [-0.1, -0.05) is 35.0 Å². The number of furan rings is 1. The van der Waals surface area contributed by atoms with Crippen molar-refractivity contribution in [1.82, 2.24) is 10.1 Å². The summed E-state index contributed by atoms with van der Waals surface area (Å²) >= 11 is 7.87. The minimum absolute atomic E-state index is 0.289. The van der Waals surface area contributed by atoms with Gasteiger partial charge < -0.3 is 8.94 Å². The first-order chi connectivity index (χ1) is 13.2. The third-order valence-corrected chi connectivity index (χ3v) is 5.23. The van der Waals surface area contributed by atoms with E-state index in [0.29, 0.717) is 22.9 Å². The molecule has 7 heteroatoms. The summed E-state index contributed by atoms with van der Waals surface area (Å²) in [6.45, 7) is 0. The second-order valence-electron chi connectivity index (χ2n) is 5.78. The molecule has 0 aliphatic heterocycles. The van der Waals surface area contributed by atoms with Crippen LogP contribution in [-0.2, 0) is 11.5 Å². The molecule has 0 atom stereocenters. The monoisotopic (exact) mass is 400 g/mol. The van der Waals surface area contributed by atoms with Crippen LogP contribution in [0, 0.1) is 5.82 Å². The van der Waals surface area contributed by atoms with Gasteiger partial charge in [0, 0.05) is 16.3 Å². The fraction of sp³-hybridized carbons (Fsp3) is 0.100. The van der Waals surface area contributed by atoms with Gasteiger partial charge in [-0.25, -0.2) is 4.39 Å². The Balaban J connectivity index is 1.41. The highest BCUT2D eigenvalue weighted by Crippen LogP contribution is 2.27. The van der Waals surface area contributed by atoms with Crippen LogP contribution in [0.5, 0.6) is 0 Å². The van der Waals surface area contributed by atoms with Gasteiger partial charge in [0.05, 0.1) is 5.75 Å². The molecule has 4 nitrogen and oxygen atoms in total. The fourth-order valence-electron chi connectivity index (χ4n) is 2.49. The third kappa shape index (κ3) is 4.23. The van der Waals surface area contributed by atoms with Crippen LogP contribution in [0.15, 0.2) is 69.6 Å². The number of rotatable bonds is 6. The van der Waals surface area contributed by atoms with Crippen molar-refractivity contribution < 1.29 is 13.3 Å². The minimum atomic E-state index is -0.313. The normalized spacial score (nSPS) is 11.0. The van der Waals surface area contributed by atoms with Gasteiger partial charge in [-0.3, -0.25) is 0 Å². The smallest absolute Gasteiger partial charge is 0.293 e. The van der Waals surface area contributed by atoms with Crippen molar-refractivity contribution in [1.29, 1.82) is 0 Å². The molecule has 27 heavy (non-hydrogen) atoms. The van der Waals surface area contributed by atoms with Gasteiger partial charge in [0.15, 0.2) is 5.76 Å². The molecular weight excluding hydrogens is 387 g/mol. The molecule has 2 aromatic carbocycles. The van der Waals surface area contributed by atoms with Gasteiger partial charge in [-0.05, 0) is 48.0 Å². The van der Waals surface area contributed by atoms with Crippen molar-refractivity contribution >= 4 is 23.4 Å². The summed E-state index contributed by atoms with van der Waals surface area (Å²) in [4.78, 5) is 4.31. The van der Waals surface area contributed by atoms with Crippen molar-refractivity contribution in [2.45, 2.75) is 11.5 Å². The Morgan fingerprint density at radius 1 is 0.963 bits per heavy atom. The van der Waals surface area contributed by atoms with E-state index in [4.69, 9.17) is 20.5 Å². The number of benzene rings is 2. The van der Waals surface area contributed by atoms with E-state index in [9.17, 15) is 4.39 Å². The van der Waals surface area contributed by atoms with Gasteiger partial charge in [0.25, 0.3) is 5.89 Å². The molecule has 0 radical (unpaired) electrons. The van der Waals surface area contributed by atoms with E-state index in [1.165, 1.54) is 12.1 Å². The average Bonchev–Trinajstić information content (AvgIpc) is 3.33. The summed E-state index contributed by atoms with van der Waals surface area (Å²) < 4.78 is 24.1. The van der Waals surface area contributed by atoms with Crippen molar-refractivity contribution in [3.05, 3.63) is 82.8 Å². The van der Waals surface area contributed by atoms with E-state index in [2.05, 4.69) is 10.1 Å². The molecule has 0 N–H and O–H groups in total. The van der Waals surface area contributed by atoms with Crippen LogP contribution < -0.4 is 0 Å². The SMILES string of the molecule is Fc1ccc(-c2noc(-c3ccc(CSCc4ccccc4Cl)o3)n2)cc1. The Morgan fingerprint density at radius 2 is 1.78 bits per heavy atom. The fourth-order valence-corrected chi connectivity index (χ4v) is 3.70. The Bertz CT molecular complexity index is 1050. The summed E-state index contributed by atoms with van der Waals surface area (Å²) in [5, 5.41) is 4.69. The quantitative estimate of drug-likeness (QED) is 0.384. The van der Waals surface area contributed by atoms with Crippen LogP contribution in [-0.4, -0.2) is 10.1 Å². The molecule has 0 saturated heterocycles. The third-order valence-electron chi connectivity index (χ3n) is 3.86. The van der Waals surface area contributed by atoms with Gasteiger partial charge >= 0.3 is 0 Å². The molecule has 136 valence electrons. The van der Waals surface area contributed by atoms with Crippen molar-refractivity contribution in [3.63, 3.8) is 0 Å². The summed E-state index contributed by atoms with van der Waals surface area (Å²) in [5.41, 5.74) is 1.77. The van der Waals surface area contributed by atoms with E-state index < -0.39 is 0 Å². The molecule has 0 bridgehead atoms. The molecule has 0 amide bonds. The lowest BCUT2D eigenvalue weighted by atomic mass is 10.2. The molecule has 0 fully saturated rings. The summed E-state index contributed by atoms with van der Waals surface area (Å²) in [5.74, 6) is 3.17. The Kier molecular flexibility index (Phi) is 5.27. The van der Waals surface area contributed by atoms with Gasteiger partial charge in [0.1, 0.15) is 11.6 Å². The highest BCUT2D eigenvalue weighted by molar-refractivity contribution is 7.97. The molecule has 0 saturated carbocycles. The van der Waals surface area contributed by atoms with E-state index in [0.717, 1.165) is 22.1 Å². The maximum Gasteiger partial charge on any atom is 0.293 e. The van der Waals surface area contributed by atoms with Crippen LogP contribution >= 0.6 is 23.4 Å². The Labute approximate surface area is 164 Å². The summed E-state index contributed by atoms with van der Waals surface area (Å²) in [6.07, 6.45) is 0. The molecule has 0 unspecified atom stereocenters. The van der Waals surface area contributed by atoms with E-state index in [1.807, 2.05) is 30.3 Å².